The summed E-state index contributed by atoms with van der Waals surface area (Å²) in [5.41, 5.74) is 0.836. The molecule has 0 unspecified atom stereocenters. The molecule has 0 aromatic heterocycles. The summed E-state index contributed by atoms with van der Waals surface area (Å²) in [6.07, 6.45) is 1.45. The highest BCUT2D eigenvalue weighted by atomic mass is 16.5. The normalized spacial score (nSPS) is 34.3. The van der Waals surface area contributed by atoms with Crippen molar-refractivity contribution in [1.82, 2.24) is 10.2 Å². The van der Waals surface area contributed by atoms with Gasteiger partial charge in [0.2, 0.25) is 5.91 Å². The SMILES string of the molecule is CO[C@H]1CNCC[C@]12CCN(C1=C(C)C(=O)OC1)C2=O. The van der Waals surface area contributed by atoms with Crippen LogP contribution in [0.4, 0.5) is 0 Å². The molecular formula is C14H20N2O4. The van der Waals surface area contributed by atoms with Crippen molar-refractivity contribution in [2.24, 2.45) is 5.41 Å². The smallest absolute Gasteiger partial charge is 0.336 e. The largest absolute Gasteiger partial charge is 0.456 e. The molecule has 0 saturated carbocycles. The number of methoxy groups -OCH3 is 1. The number of carbonyl (C=O) groups excluding carboxylic acids is 2. The van der Waals surface area contributed by atoms with Gasteiger partial charge in [0.25, 0.3) is 0 Å². The Balaban J connectivity index is 1.89. The summed E-state index contributed by atoms with van der Waals surface area (Å²) in [6, 6.07) is 0. The van der Waals surface area contributed by atoms with Crippen LogP contribution in [0.25, 0.3) is 0 Å². The number of piperidine rings is 1. The minimum absolute atomic E-state index is 0.0819. The average molecular weight is 280 g/mol. The fraction of sp³-hybridized carbons (Fsp3) is 0.714. The molecule has 0 aromatic rings. The van der Waals surface area contributed by atoms with E-state index in [0.717, 1.165) is 25.1 Å². The van der Waals surface area contributed by atoms with Crippen LogP contribution < -0.4 is 5.32 Å². The molecule has 0 aromatic carbocycles. The van der Waals surface area contributed by atoms with Crippen LogP contribution in [0.15, 0.2) is 11.3 Å². The van der Waals surface area contributed by atoms with Gasteiger partial charge in [-0.2, -0.15) is 0 Å². The standard InChI is InChI=1S/C14H20N2O4/c1-9-10(8-20-12(9)17)16-6-4-14(13(16)18)3-5-15-7-11(14)19-2/h11,15H,3-8H2,1-2H3/t11-,14-/m0/s1. The fourth-order valence-corrected chi connectivity index (χ4v) is 3.54. The quantitative estimate of drug-likeness (QED) is 0.724. The van der Waals surface area contributed by atoms with Gasteiger partial charge < -0.3 is 19.7 Å². The summed E-state index contributed by atoms with van der Waals surface area (Å²) in [5.74, 6) is -0.235. The molecule has 1 amide bonds. The molecule has 2 atom stereocenters. The maximum Gasteiger partial charge on any atom is 0.336 e. The van der Waals surface area contributed by atoms with Crippen molar-refractivity contribution < 1.29 is 19.1 Å². The van der Waals surface area contributed by atoms with Gasteiger partial charge >= 0.3 is 5.97 Å². The van der Waals surface area contributed by atoms with E-state index in [9.17, 15) is 9.59 Å². The third-order valence-corrected chi connectivity index (χ3v) is 4.84. The van der Waals surface area contributed by atoms with Crippen LogP contribution in [-0.2, 0) is 19.1 Å². The third-order valence-electron chi connectivity index (χ3n) is 4.84. The van der Waals surface area contributed by atoms with Crippen molar-refractivity contribution in [1.29, 1.82) is 0 Å². The predicted molar refractivity (Wildman–Crippen MR) is 70.7 cm³/mol. The first-order valence-corrected chi connectivity index (χ1v) is 7.02. The van der Waals surface area contributed by atoms with Crippen LogP contribution in [-0.4, -0.2) is 56.2 Å². The number of nitrogens with one attached hydrogen (secondary N) is 1. The van der Waals surface area contributed by atoms with Crippen molar-refractivity contribution in [3.63, 3.8) is 0 Å². The highest BCUT2D eigenvalue weighted by molar-refractivity contribution is 5.94. The van der Waals surface area contributed by atoms with E-state index >= 15 is 0 Å². The molecule has 1 N–H and O–H groups in total. The van der Waals surface area contributed by atoms with Gasteiger partial charge in [0.05, 0.1) is 22.8 Å². The molecule has 3 aliphatic heterocycles. The molecule has 0 bridgehead atoms. The molecule has 3 rings (SSSR count). The highest BCUT2D eigenvalue weighted by Gasteiger charge is 2.54. The van der Waals surface area contributed by atoms with E-state index in [2.05, 4.69) is 5.32 Å². The first kappa shape index (κ1) is 13.6. The molecule has 3 aliphatic rings. The number of cyclic esters (lactones) is 1. The fourth-order valence-electron chi connectivity index (χ4n) is 3.54. The Kier molecular flexibility index (Phi) is 3.30. The molecule has 20 heavy (non-hydrogen) atoms. The van der Waals surface area contributed by atoms with Gasteiger partial charge in [-0.1, -0.05) is 0 Å². The summed E-state index contributed by atoms with van der Waals surface area (Å²) in [6.45, 7) is 4.10. The molecule has 6 heteroatoms. The van der Waals surface area contributed by atoms with Crippen LogP contribution in [0.1, 0.15) is 19.8 Å². The number of hydrogen-bond acceptors (Lipinski definition) is 5. The van der Waals surface area contributed by atoms with Gasteiger partial charge in [0.1, 0.15) is 6.61 Å². The number of amides is 1. The Morgan fingerprint density at radius 2 is 2.20 bits per heavy atom. The van der Waals surface area contributed by atoms with E-state index < -0.39 is 5.41 Å². The minimum Gasteiger partial charge on any atom is -0.456 e. The Morgan fingerprint density at radius 1 is 1.40 bits per heavy atom. The Hall–Kier alpha value is -1.40. The van der Waals surface area contributed by atoms with Gasteiger partial charge in [-0.05, 0) is 26.3 Å². The first-order valence-electron chi connectivity index (χ1n) is 7.02. The Labute approximate surface area is 118 Å². The van der Waals surface area contributed by atoms with Crippen LogP contribution in [0.5, 0.6) is 0 Å². The third kappa shape index (κ3) is 1.78. The van der Waals surface area contributed by atoms with E-state index in [1.807, 2.05) is 0 Å². The second-order valence-corrected chi connectivity index (χ2v) is 5.69. The average Bonchev–Trinajstić information content (AvgIpc) is 2.95. The lowest BCUT2D eigenvalue weighted by molar-refractivity contribution is -0.144. The summed E-state index contributed by atoms with van der Waals surface area (Å²) in [7, 11) is 1.65. The molecule has 2 fully saturated rings. The zero-order chi connectivity index (χ0) is 14.3. The van der Waals surface area contributed by atoms with Crippen molar-refractivity contribution in [3.8, 4) is 0 Å². The highest BCUT2D eigenvalue weighted by Crippen LogP contribution is 2.43. The van der Waals surface area contributed by atoms with Crippen molar-refractivity contribution in [2.75, 3.05) is 33.4 Å². The molecule has 6 nitrogen and oxygen atoms in total. The van der Waals surface area contributed by atoms with Crippen LogP contribution >= 0.6 is 0 Å². The van der Waals surface area contributed by atoms with Crippen LogP contribution in [0, 0.1) is 5.41 Å². The maximum absolute atomic E-state index is 12.9. The predicted octanol–water partition coefficient (Wildman–Crippen LogP) is 0.0442. The second kappa shape index (κ2) is 4.86. The molecule has 2 saturated heterocycles. The number of nitrogens with zero attached hydrogens (tertiary/aromatic N) is 1. The minimum atomic E-state index is -0.446. The van der Waals surface area contributed by atoms with E-state index in [0.29, 0.717) is 18.7 Å². The molecule has 1 spiro atoms. The Morgan fingerprint density at radius 3 is 2.85 bits per heavy atom. The lowest BCUT2D eigenvalue weighted by Gasteiger charge is -2.39. The van der Waals surface area contributed by atoms with Crippen molar-refractivity contribution in [2.45, 2.75) is 25.9 Å². The number of rotatable bonds is 2. The molecule has 110 valence electrons. The molecule has 0 aliphatic carbocycles. The van der Waals surface area contributed by atoms with E-state index in [4.69, 9.17) is 9.47 Å². The number of carbonyl (C=O) groups is 2. The lowest BCUT2D eigenvalue weighted by atomic mass is 9.75. The second-order valence-electron chi connectivity index (χ2n) is 5.69. The first-order chi connectivity index (χ1) is 9.60. The Bertz CT molecular complexity index is 488. The number of likely N-dealkylation sites (tertiary alicyclic amines) is 1. The monoisotopic (exact) mass is 280 g/mol. The van der Waals surface area contributed by atoms with Gasteiger partial charge in [0.15, 0.2) is 0 Å². The topological polar surface area (TPSA) is 67.9 Å². The summed E-state index contributed by atoms with van der Waals surface area (Å²) in [4.78, 5) is 26.1. The summed E-state index contributed by atoms with van der Waals surface area (Å²) < 4.78 is 10.6. The number of ether oxygens (including phenoxy) is 2. The van der Waals surface area contributed by atoms with Gasteiger partial charge in [-0.3, -0.25) is 4.79 Å². The molecular weight excluding hydrogens is 260 g/mol. The molecule has 3 heterocycles. The zero-order valence-electron chi connectivity index (χ0n) is 11.9. The van der Waals surface area contributed by atoms with E-state index in [1.54, 1.807) is 18.9 Å². The van der Waals surface area contributed by atoms with Gasteiger partial charge in [-0.25, -0.2) is 4.79 Å². The lowest BCUT2D eigenvalue weighted by Crippen LogP contribution is -2.53. The van der Waals surface area contributed by atoms with Crippen LogP contribution in [0.3, 0.4) is 0 Å². The number of esters is 1. The maximum atomic E-state index is 12.9. The van der Waals surface area contributed by atoms with Crippen molar-refractivity contribution >= 4 is 11.9 Å². The van der Waals surface area contributed by atoms with E-state index in [-0.39, 0.29) is 24.6 Å². The van der Waals surface area contributed by atoms with E-state index in [1.165, 1.54) is 0 Å². The molecule has 0 radical (unpaired) electrons. The number of hydrogen-bond donors (Lipinski definition) is 1. The summed E-state index contributed by atoms with van der Waals surface area (Å²) in [5, 5.41) is 3.27. The van der Waals surface area contributed by atoms with Crippen molar-refractivity contribution in [3.05, 3.63) is 11.3 Å². The zero-order valence-corrected chi connectivity index (χ0v) is 11.9. The summed E-state index contributed by atoms with van der Waals surface area (Å²) >= 11 is 0. The van der Waals surface area contributed by atoms with Crippen LogP contribution in [0.2, 0.25) is 0 Å². The van der Waals surface area contributed by atoms with Gasteiger partial charge in [0, 0.05) is 20.2 Å². The van der Waals surface area contributed by atoms with Gasteiger partial charge in [-0.15, -0.1) is 0 Å².